The van der Waals surface area contributed by atoms with E-state index in [1.807, 2.05) is 13.8 Å². The molecular weight excluding hydrogens is 372 g/mol. The highest BCUT2D eigenvalue weighted by molar-refractivity contribution is 5.96. The average Bonchev–Trinajstić information content (AvgIpc) is 2.65. The SMILES string of the molecule is CC(C)CC(N)(CC(=O)Nc1cccc2c1C(O)c1ccccc1C2O)C(=O)O. The zero-order valence-electron chi connectivity index (χ0n) is 16.4. The number of amides is 1. The number of aliphatic hydroxyl groups is 2. The van der Waals surface area contributed by atoms with Gasteiger partial charge in [-0.25, -0.2) is 0 Å². The minimum Gasteiger partial charge on any atom is -0.480 e. The van der Waals surface area contributed by atoms with Crippen molar-refractivity contribution in [2.75, 3.05) is 5.32 Å². The van der Waals surface area contributed by atoms with Gasteiger partial charge in [-0.3, -0.25) is 9.59 Å². The van der Waals surface area contributed by atoms with E-state index in [9.17, 15) is 24.9 Å². The van der Waals surface area contributed by atoms with Crippen LogP contribution in [0.5, 0.6) is 0 Å². The number of carbonyl (C=O) groups excluding carboxylic acids is 1. The molecule has 0 saturated heterocycles. The van der Waals surface area contributed by atoms with Gasteiger partial charge in [-0.1, -0.05) is 50.2 Å². The number of aliphatic carboxylic acids is 1. The van der Waals surface area contributed by atoms with Gasteiger partial charge < -0.3 is 26.4 Å². The van der Waals surface area contributed by atoms with Crippen molar-refractivity contribution in [3.8, 4) is 0 Å². The zero-order chi connectivity index (χ0) is 21.3. The molecule has 3 atom stereocenters. The summed E-state index contributed by atoms with van der Waals surface area (Å²) in [6, 6.07) is 12.0. The fourth-order valence-electron chi connectivity index (χ4n) is 4.01. The second-order valence-electron chi connectivity index (χ2n) is 8.03. The quantitative estimate of drug-likeness (QED) is 0.507. The first-order valence-corrected chi connectivity index (χ1v) is 9.54. The second-order valence-corrected chi connectivity index (χ2v) is 8.03. The van der Waals surface area contributed by atoms with E-state index in [2.05, 4.69) is 5.32 Å². The third-order valence-corrected chi connectivity index (χ3v) is 5.24. The molecule has 0 aromatic heterocycles. The third kappa shape index (κ3) is 4.03. The largest absolute Gasteiger partial charge is 0.480 e. The maximum absolute atomic E-state index is 12.6. The lowest BCUT2D eigenvalue weighted by Crippen LogP contribution is -2.51. The molecule has 1 aliphatic rings. The number of rotatable bonds is 6. The van der Waals surface area contributed by atoms with Crippen LogP contribution in [0.3, 0.4) is 0 Å². The molecule has 0 saturated carbocycles. The molecule has 0 spiro atoms. The van der Waals surface area contributed by atoms with Crippen LogP contribution in [0.4, 0.5) is 5.69 Å². The summed E-state index contributed by atoms with van der Waals surface area (Å²) >= 11 is 0. The van der Waals surface area contributed by atoms with Gasteiger partial charge >= 0.3 is 5.97 Å². The van der Waals surface area contributed by atoms with E-state index in [-0.39, 0.29) is 12.3 Å². The molecule has 0 bridgehead atoms. The van der Waals surface area contributed by atoms with Crippen LogP contribution in [0, 0.1) is 5.92 Å². The minimum absolute atomic E-state index is 0.00172. The summed E-state index contributed by atoms with van der Waals surface area (Å²) in [6.07, 6.45) is -2.22. The molecule has 0 fully saturated rings. The van der Waals surface area contributed by atoms with Gasteiger partial charge in [-0.2, -0.15) is 0 Å². The van der Waals surface area contributed by atoms with Crippen molar-refractivity contribution in [1.29, 1.82) is 0 Å². The van der Waals surface area contributed by atoms with Crippen molar-refractivity contribution < 1.29 is 24.9 Å². The van der Waals surface area contributed by atoms with Crippen molar-refractivity contribution in [3.05, 3.63) is 64.7 Å². The van der Waals surface area contributed by atoms with Gasteiger partial charge in [0, 0.05) is 11.3 Å². The van der Waals surface area contributed by atoms with Crippen molar-refractivity contribution in [2.24, 2.45) is 11.7 Å². The molecule has 29 heavy (non-hydrogen) atoms. The molecule has 0 heterocycles. The van der Waals surface area contributed by atoms with Crippen molar-refractivity contribution in [1.82, 2.24) is 0 Å². The van der Waals surface area contributed by atoms with Crippen molar-refractivity contribution in [3.63, 3.8) is 0 Å². The predicted octanol–water partition coefficient (Wildman–Crippen LogP) is 2.32. The molecule has 3 unspecified atom stereocenters. The molecule has 2 aromatic carbocycles. The standard InChI is InChI=1S/C22H26N2O5/c1-12(2)10-22(23,21(28)29)11-17(25)24-16-9-5-8-15-18(16)20(27)14-7-4-3-6-13(14)19(15)26/h3-9,12,19-20,26-27H,10-11,23H2,1-2H3,(H,24,25)(H,28,29). The second kappa shape index (κ2) is 7.94. The summed E-state index contributed by atoms with van der Waals surface area (Å²) < 4.78 is 0. The Morgan fingerprint density at radius 1 is 1.03 bits per heavy atom. The van der Waals surface area contributed by atoms with Gasteiger partial charge in [0.25, 0.3) is 0 Å². The number of nitrogens with one attached hydrogen (secondary N) is 1. The molecular formula is C22H26N2O5. The summed E-state index contributed by atoms with van der Waals surface area (Å²) in [4.78, 5) is 24.3. The van der Waals surface area contributed by atoms with Crippen molar-refractivity contribution in [2.45, 2.75) is 44.4 Å². The Kier molecular flexibility index (Phi) is 5.75. The summed E-state index contributed by atoms with van der Waals surface area (Å²) in [5.74, 6) is -1.80. The first-order valence-electron chi connectivity index (χ1n) is 9.54. The van der Waals surface area contributed by atoms with Crippen LogP contribution in [0.2, 0.25) is 0 Å². The van der Waals surface area contributed by atoms with Gasteiger partial charge in [0.05, 0.1) is 6.42 Å². The van der Waals surface area contributed by atoms with Gasteiger partial charge in [0.1, 0.15) is 17.7 Å². The number of hydrogen-bond acceptors (Lipinski definition) is 5. The fourth-order valence-corrected chi connectivity index (χ4v) is 4.01. The van der Waals surface area contributed by atoms with Crippen LogP contribution in [0.15, 0.2) is 42.5 Å². The maximum atomic E-state index is 12.6. The Morgan fingerprint density at radius 3 is 2.21 bits per heavy atom. The highest BCUT2D eigenvalue weighted by Crippen LogP contribution is 2.43. The summed E-state index contributed by atoms with van der Waals surface area (Å²) in [6.45, 7) is 3.68. The number of carbonyl (C=O) groups is 2. The lowest BCUT2D eigenvalue weighted by atomic mass is 9.81. The first-order chi connectivity index (χ1) is 13.6. The number of aliphatic hydroxyl groups excluding tert-OH is 2. The number of carboxylic acids is 1. The monoisotopic (exact) mass is 398 g/mol. The number of nitrogens with two attached hydrogens (primary N) is 1. The highest BCUT2D eigenvalue weighted by atomic mass is 16.4. The molecule has 1 aliphatic carbocycles. The lowest BCUT2D eigenvalue weighted by Gasteiger charge is -2.31. The Balaban J connectivity index is 1.90. The molecule has 1 amide bonds. The number of hydrogen-bond donors (Lipinski definition) is 5. The summed E-state index contributed by atoms with van der Waals surface area (Å²) in [5, 5.41) is 33.8. The molecule has 0 radical (unpaired) electrons. The molecule has 6 N–H and O–H groups in total. The van der Waals surface area contributed by atoms with Gasteiger partial charge in [0.15, 0.2) is 0 Å². The molecule has 3 rings (SSSR count). The average molecular weight is 398 g/mol. The number of benzene rings is 2. The van der Waals surface area contributed by atoms with Crippen LogP contribution in [0.25, 0.3) is 0 Å². The molecule has 7 nitrogen and oxygen atoms in total. The maximum Gasteiger partial charge on any atom is 0.324 e. The lowest BCUT2D eigenvalue weighted by molar-refractivity contribution is -0.145. The van der Waals surface area contributed by atoms with Crippen LogP contribution in [-0.4, -0.2) is 32.7 Å². The van der Waals surface area contributed by atoms with Crippen LogP contribution >= 0.6 is 0 Å². The fraction of sp³-hybridized carbons (Fsp3) is 0.364. The smallest absolute Gasteiger partial charge is 0.324 e. The first kappa shape index (κ1) is 21.0. The number of anilines is 1. The normalized spacial score (nSPS) is 19.8. The van der Waals surface area contributed by atoms with E-state index < -0.39 is 36.0 Å². The molecule has 0 aliphatic heterocycles. The van der Waals surface area contributed by atoms with E-state index in [0.29, 0.717) is 27.9 Å². The Labute approximate surface area is 169 Å². The highest BCUT2D eigenvalue weighted by Gasteiger charge is 2.38. The van der Waals surface area contributed by atoms with E-state index in [1.165, 1.54) is 0 Å². The summed E-state index contributed by atoms with van der Waals surface area (Å²) in [7, 11) is 0. The molecule has 2 aromatic rings. The molecule has 154 valence electrons. The molecule has 7 heteroatoms. The van der Waals surface area contributed by atoms with E-state index in [1.54, 1.807) is 42.5 Å². The van der Waals surface area contributed by atoms with Gasteiger partial charge in [-0.05, 0) is 35.1 Å². The zero-order valence-corrected chi connectivity index (χ0v) is 16.4. The third-order valence-electron chi connectivity index (χ3n) is 5.24. The Bertz CT molecular complexity index is 943. The number of carboxylic acid groups (broad SMARTS) is 1. The Hall–Kier alpha value is -2.74. The van der Waals surface area contributed by atoms with Crippen LogP contribution in [-0.2, 0) is 9.59 Å². The van der Waals surface area contributed by atoms with E-state index in [0.717, 1.165) is 0 Å². The van der Waals surface area contributed by atoms with Crippen LogP contribution in [0.1, 0.15) is 61.2 Å². The topological polar surface area (TPSA) is 133 Å². The predicted molar refractivity (Wildman–Crippen MR) is 108 cm³/mol. The van der Waals surface area contributed by atoms with Gasteiger partial charge in [0.2, 0.25) is 5.91 Å². The van der Waals surface area contributed by atoms with Gasteiger partial charge in [-0.15, -0.1) is 0 Å². The van der Waals surface area contributed by atoms with Crippen LogP contribution < -0.4 is 11.1 Å². The van der Waals surface area contributed by atoms with E-state index >= 15 is 0 Å². The number of fused-ring (bicyclic) bond motifs is 2. The summed E-state index contributed by atoms with van der Waals surface area (Å²) in [5.41, 5.74) is 6.70. The minimum atomic E-state index is -1.68. The van der Waals surface area contributed by atoms with Crippen molar-refractivity contribution >= 4 is 17.6 Å². The van der Waals surface area contributed by atoms with E-state index in [4.69, 9.17) is 5.73 Å². The Morgan fingerprint density at radius 2 is 1.62 bits per heavy atom.